The fourth-order valence-electron chi connectivity index (χ4n) is 8.63. The monoisotopic (exact) mass is 1080 g/mol. The number of aliphatic hydroxyl groups excluding tert-OH is 2. The highest BCUT2D eigenvalue weighted by Gasteiger charge is 2.50. The first-order chi connectivity index (χ1) is 37.6. The second-order valence-electron chi connectivity index (χ2n) is 20.2. The normalized spacial score (nSPS) is 18.7. The molecule has 0 aromatic carbocycles. The lowest BCUT2D eigenvalue weighted by Gasteiger charge is -2.40. The van der Waals surface area contributed by atoms with E-state index in [0.717, 1.165) is 103 Å². The van der Waals surface area contributed by atoms with Crippen molar-refractivity contribution in [3.05, 3.63) is 97.2 Å². The average molecular weight is 1080 g/mol. The predicted octanol–water partition coefficient (Wildman–Crippen LogP) is 15.7. The number of aliphatic hydroxyl groups is 2. The van der Waals surface area contributed by atoms with E-state index in [2.05, 4.69) is 99.8 Å². The number of carbonyl (C=O) groups is 4. The van der Waals surface area contributed by atoms with Gasteiger partial charge in [-0.1, -0.05) is 240 Å². The minimum atomic E-state index is -1.92. The summed E-state index contributed by atoms with van der Waals surface area (Å²) in [6.07, 6.45) is 56.9. The molecule has 1 saturated heterocycles. The van der Waals surface area contributed by atoms with Gasteiger partial charge in [0.05, 0.1) is 13.0 Å². The van der Waals surface area contributed by atoms with Crippen molar-refractivity contribution in [2.75, 3.05) is 13.2 Å². The van der Waals surface area contributed by atoms with Gasteiger partial charge in [0.2, 0.25) is 0 Å². The molecule has 0 spiro atoms. The quantitative estimate of drug-likeness (QED) is 0.0228. The van der Waals surface area contributed by atoms with Crippen molar-refractivity contribution in [3.8, 4) is 0 Å². The van der Waals surface area contributed by atoms with Crippen LogP contribution >= 0.6 is 0 Å². The zero-order chi connectivity index (χ0) is 56.1. The Kier molecular flexibility index (Phi) is 48.0. The molecule has 0 aromatic rings. The number of allylic oxidation sites excluding steroid dienone is 15. The lowest BCUT2D eigenvalue weighted by atomic mass is 9.98. The summed E-state index contributed by atoms with van der Waals surface area (Å²) >= 11 is 0. The highest BCUT2D eigenvalue weighted by molar-refractivity contribution is 5.74. The van der Waals surface area contributed by atoms with Crippen LogP contribution < -0.4 is 0 Å². The molecule has 0 radical (unpaired) electrons. The Balaban J connectivity index is 2.74. The maximum Gasteiger partial charge on any atom is 0.335 e. The van der Waals surface area contributed by atoms with Gasteiger partial charge in [0.15, 0.2) is 24.6 Å². The number of carboxylic acids is 1. The Hall–Kier alpha value is -4.36. The molecule has 0 amide bonds. The number of unbranched alkanes of at least 4 members (excludes halogenated alkanes) is 21. The van der Waals surface area contributed by atoms with E-state index in [1.807, 2.05) is 12.2 Å². The van der Waals surface area contributed by atoms with Gasteiger partial charge in [-0.15, -0.1) is 0 Å². The van der Waals surface area contributed by atoms with Crippen LogP contribution in [0.3, 0.4) is 0 Å². The maximum absolute atomic E-state index is 13.1. The molecule has 12 nitrogen and oxygen atoms in total. The van der Waals surface area contributed by atoms with E-state index in [1.54, 1.807) is 6.08 Å². The van der Waals surface area contributed by atoms with Crippen LogP contribution in [0.1, 0.15) is 239 Å². The maximum atomic E-state index is 13.1. The minimum absolute atomic E-state index is 0.0214. The minimum Gasteiger partial charge on any atom is -0.479 e. The molecule has 77 heavy (non-hydrogen) atoms. The van der Waals surface area contributed by atoms with E-state index in [4.69, 9.17) is 23.7 Å². The van der Waals surface area contributed by atoms with Crippen LogP contribution in [0.15, 0.2) is 97.2 Å². The smallest absolute Gasteiger partial charge is 0.335 e. The second kappa shape index (κ2) is 52.3. The van der Waals surface area contributed by atoms with Crippen molar-refractivity contribution in [1.29, 1.82) is 0 Å². The Bertz CT molecular complexity index is 1710. The van der Waals surface area contributed by atoms with Crippen molar-refractivity contribution in [2.24, 2.45) is 0 Å². The molecule has 0 bridgehead atoms. The summed E-state index contributed by atoms with van der Waals surface area (Å²) in [7, 11) is 0. The summed E-state index contributed by atoms with van der Waals surface area (Å²) in [5.74, 6) is -3.31. The molecular formula is C65H106O12. The van der Waals surface area contributed by atoms with Crippen LogP contribution in [-0.2, 0) is 42.9 Å². The summed E-state index contributed by atoms with van der Waals surface area (Å²) < 4.78 is 28.3. The molecule has 0 aliphatic carbocycles. The molecule has 0 aromatic heterocycles. The van der Waals surface area contributed by atoms with Crippen molar-refractivity contribution in [2.45, 2.75) is 276 Å². The molecule has 1 heterocycles. The van der Waals surface area contributed by atoms with E-state index in [9.17, 15) is 34.5 Å². The largest absolute Gasteiger partial charge is 0.479 e. The van der Waals surface area contributed by atoms with Crippen molar-refractivity contribution < 1.29 is 58.2 Å². The summed E-state index contributed by atoms with van der Waals surface area (Å²) in [6, 6.07) is 0. The van der Waals surface area contributed by atoms with E-state index in [-0.39, 0.29) is 25.9 Å². The van der Waals surface area contributed by atoms with Gasteiger partial charge >= 0.3 is 23.9 Å². The lowest BCUT2D eigenvalue weighted by Crippen LogP contribution is -2.61. The predicted molar refractivity (Wildman–Crippen MR) is 312 cm³/mol. The molecule has 1 aliphatic rings. The van der Waals surface area contributed by atoms with E-state index in [0.29, 0.717) is 19.3 Å². The molecule has 438 valence electrons. The van der Waals surface area contributed by atoms with Gasteiger partial charge < -0.3 is 39.0 Å². The SMILES string of the molecule is CC/C=C\C/C=C\C/C=C\C/C=C\C/C=C\CC(=O)OCC(COC1OC(C(=O)O)C(O)C(O)C1OC(=O)CCCCCCCCCCCCCCCCCCC)OC(=O)CCCCCCC/C=C\C/C=C\C/C=C\CC. The molecule has 6 atom stereocenters. The molecule has 6 unspecified atom stereocenters. The molecular weight excluding hydrogens is 973 g/mol. The van der Waals surface area contributed by atoms with Gasteiger partial charge in [-0.05, 0) is 77.0 Å². The third kappa shape index (κ3) is 42.3. The average Bonchev–Trinajstić information content (AvgIpc) is 3.42. The highest BCUT2D eigenvalue weighted by Crippen LogP contribution is 2.26. The third-order valence-electron chi connectivity index (χ3n) is 13.2. The van der Waals surface area contributed by atoms with E-state index in [1.165, 1.54) is 77.0 Å². The number of esters is 3. The first-order valence-electron chi connectivity index (χ1n) is 30.2. The third-order valence-corrected chi connectivity index (χ3v) is 13.2. The van der Waals surface area contributed by atoms with Crippen LogP contribution in [0.25, 0.3) is 0 Å². The van der Waals surface area contributed by atoms with Gasteiger partial charge in [-0.3, -0.25) is 14.4 Å². The van der Waals surface area contributed by atoms with Crippen molar-refractivity contribution >= 4 is 23.9 Å². The van der Waals surface area contributed by atoms with Gasteiger partial charge in [0, 0.05) is 12.8 Å². The number of hydrogen-bond donors (Lipinski definition) is 3. The molecule has 1 rings (SSSR count). The number of ether oxygens (including phenoxy) is 5. The number of carbonyl (C=O) groups excluding carboxylic acids is 3. The Morgan fingerprint density at radius 3 is 1.31 bits per heavy atom. The second-order valence-corrected chi connectivity index (χ2v) is 20.2. The summed E-state index contributed by atoms with van der Waals surface area (Å²) in [5.41, 5.74) is 0. The highest BCUT2D eigenvalue weighted by atomic mass is 16.7. The lowest BCUT2D eigenvalue weighted by molar-refractivity contribution is -0.301. The first-order valence-corrected chi connectivity index (χ1v) is 30.2. The van der Waals surface area contributed by atoms with E-state index >= 15 is 0 Å². The Morgan fingerprint density at radius 2 is 0.857 bits per heavy atom. The number of hydrogen-bond acceptors (Lipinski definition) is 11. The standard InChI is InChI=1S/C65H106O12/c1-4-7-10-13-16-19-22-25-28-29-32-35-38-41-44-47-50-53-59(68)76-63-61(70)60(69)62(64(71)72)77-65(63)74-55-56(75-58(67)52-49-46-43-40-37-34-31-27-24-21-18-15-12-9-6-3)54-73-57(66)51-48-45-42-39-36-33-30-26-23-20-17-14-11-8-5-2/h8-9,11-12,17-18,20-21,26-27,30-31,36,39,45,48,56,60-63,65,69-70H,4-7,10,13-16,19,22-25,28-29,32-35,37-38,40-44,46-47,49-55H2,1-3H3,(H,71,72)/b11-8-,12-9-,20-17-,21-18-,30-26-,31-27-,39-36-,48-45-. The zero-order valence-corrected chi connectivity index (χ0v) is 48.2. The van der Waals surface area contributed by atoms with Gasteiger partial charge in [-0.25, -0.2) is 4.79 Å². The number of rotatable bonds is 50. The summed E-state index contributed by atoms with van der Waals surface area (Å²) in [5, 5.41) is 31.5. The van der Waals surface area contributed by atoms with Crippen LogP contribution in [-0.4, -0.2) is 89.2 Å². The number of aliphatic carboxylic acids is 1. The van der Waals surface area contributed by atoms with Gasteiger partial charge in [-0.2, -0.15) is 0 Å². The van der Waals surface area contributed by atoms with Crippen LogP contribution in [0.2, 0.25) is 0 Å². The zero-order valence-electron chi connectivity index (χ0n) is 48.2. The van der Waals surface area contributed by atoms with Crippen molar-refractivity contribution in [3.63, 3.8) is 0 Å². The first kappa shape index (κ1) is 70.7. The van der Waals surface area contributed by atoms with E-state index < -0.39 is 67.3 Å². The van der Waals surface area contributed by atoms with Gasteiger partial charge in [0.1, 0.15) is 18.8 Å². The number of carboxylic acid groups (broad SMARTS) is 1. The molecule has 3 N–H and O–H groups in total. The van der Waals surface area contributed by atoms with Crippen LogP contribution in [0.5, 0.6) is 0 Å². The topological polar surface area (TPSA) is 175 Å². The fraction of sp³-hybridized carbons (Fsp3) is 0.692. The van der Waals surface area contributed by atoms with Crippen LogP contribution in [0, 0.1) is 0 Å². The molecule has 12 heteroatoms. The molecule has 1 fully saturated rings. The Labute approximate surface area is 466 Å². The van der Waals surface area contributed by atoms with Gasteiger partial charge in [0.25, 0.3) is 0 Å². The van der Waals surface area contributed by atoms with Crippen molar-refractivity contribution in [1.82, 2.24) is 0 Å². The fourth-order valence-corrected chi connectivity index (χ4v) is 8.63. The Morgan fingerprint density at radius 1 is 0.455 bits per heavy atom. The summed E-state index contributed by atoms with van der Waals surface area (Å²) in [4.78, 5) is 51.1. The summed E-state index contributed by atoms with van der Waals surface area (Å²) in [6.45, 7) is 5.67. The molecule has 1 aliphatic heterocycles. The van der Waals surface area contributed by atoms with Crippen LogP contribution in [0.4, 0.5) is 0 Å². The molecule has 0 saturated carbocycles.